The fraction of sp³-hybridized carbons (Fsp3) is 0.214. The molecule has 1 aromatic carbocycles. The Hall–Kier alpha value is -1.66. The normalized spacial score (nSPS) is 12.2. The number of aliphatic hydroxyl groups excluding tert-OH is 1. The molecule has 2 aromatic rings. The average molecular weight is 341 g/mol. The molecule has 4 nitrogen and oxygen atoms in total. The Morgan fingerprint density at radius 2 is 2.20 bits per heavy atom. The van der Waals surface area contributed by atoms with Crippen LogP contribution in [0.4, 0.5) is 4.39 Å². The zero-order chi connectivity index (χ0) is 14.7. The number of hydrogen-bond donors (Lipinski definition) is 2. The molecule has 0 aliphatic carbocycles. The summed E-state index contributed by atoms with van der Waals surface area (Å²) < 4.78 is 15.9. The first-order valence-electron chi connectivity index (χ1n) is 6.01. The van der Waals surface area contributed by atoms with E-state index >= 15 is 0 Å². The number of hydrogen-bond acceptors (Lipinski definition) is 2. The Morgan fingerprint density at radius 3 is 2.80 bits per heavy atom. The van der Waals surface area contributed by atoms with Crippen LogP contribution in [0, 0.1) is 5.82 Å². The SMILES string of the molecule is Cn1cc(Br)cc1C(=O)NC[C@H](O)c1ccccc1F. The quantitative estimate of drug-likeness (QED) is 0.897. The molecule has 106 valence electrons. The van der Waals surface area contributed by atoms with Gasteiger partial charge in [-0.3, -0.25) is 4.79 Å². The van der Waals surface area contributed by atoms with Gasteiger partial charge < -0.3 is 15.0 Å². The second kappa shape index (κ2) is 6.19. The van der Waals surface area contributed by atoms with Crippen LogP contribution < -0.4 is 5.32 Å². The second-order valence-corrected chi connectivity index (χ2v) is 5.32. The lowest BCUT2D eigenvalue weighted by atomic mass is 10.1. The van der Waals surface area contributed by atoms with E-state index in [4.69, 9.17) is 0 Å². The zero-order valence-corrected chi connectivity index (χ0v) is 12.4. The largest absolute Gasteiger partial charge is 0.386 e. The van der Waals surface area contributed by atoms with Crippen LogP contribution in [0.3, 0.4) is 0 Å². The van der Waals surface area contributed by atoms with E-state index in [-0.39, 0.29) is 18.0 Å². The lowest BCUT2D eigenvalue weighted by molar-refractivity contribution is 0.0906. The minimum Gasteiger partial charge on any atom is -0.386 e. The first-order valence-corrected chi connectivity index (χ1v) is 6.81. The number of aliphatic hydroxyl groups is 1. The summed E-state index contributed by atoms with van der Waals surface area (Å²) in [7, 11) is 1.74. The molecule has 0 aliphatic heterocycles. The smallest absolute Gasteiger partial charge is 0.268 e. The summed E-state index contributed by atoms with van der Waals surface area (Å²) in [5.41, 5.74) is 0.624. The van der Waals surface area contributed by atoms with Gasteiger partial charge in [-0.1, -0.05) is 18.2 Å². The maximum Gasteiger partial charge on any atom is 0.268 e. The van der Waals surface area contributed by atoms with E-state index in [1.165, 1.54) is 12.1 Å². The van der Waals surface area contributed by atoms with Gasteiger partial charge in [-0.2, -0.15) is 0 Å². The molecule has 1 atom stereocenters. The number of halogens is 2. The molecule has 0 fully saturated rings. The first-order chi connectivity index (χ1) is 9.49. The molecule has 2 N–H and O–H groups in total. The van der Waals surface area contributed by atoms with E-state index in [2.05, 4.69) is 21.2 Å². The minimum atomic E-state index is -1.08. The van der Waals surface area contributed by atoms with E-state index in [0.717, 1.165) is 4.47 Å². The van der Waals surface area contributed by atoms with Crippen LogP contribution >= 0.6 is 15.9 Å². The van der Waals surface area contributed by atoms with Crippen molar-refractivity contribution in [1.82, 2.24) is 9.88 Å². The van der Waals surface area contributed by atoms with Crippen molar-refractivity contribution in [3.63, 3.8) is 0 Å². The highest BCUT2D eigenvalue weighted by Crippen LogP contribution is 2.16. The maximum atomic E-state index is 13.5. The van der Waals surface area contributed by atoms with Crippen molar-refractivity contribution in [3.05, 3.63) is 58.1 Å². The van der Waals surface area contributed by atoms with Crippen LogP contribution in [-0.4, -0.2) is 22.1 Å². The highest BCUT2D eigenvalue weighted by Gasteiger charge is 2.15. The number of carbonyl (C=O) groups excluding carboxylic acids is 1. The van der Waals surface area contributed by atoms with Crippen molar-refractivity contribution in [1.29, 1.82) is 0 Å². The van der Waals surface area contributed by atoms with Gasteiger partial charge in [-0.15, -0.1) is 0 Å². The van der Waals surface area contributed by atoms with E-state index in [9.17, 15) is 14.3 Å². The standard InChI is InChI=1S/C14H14BrFN2O2/c1-18-8-9(15)6-12(18)14(20)17-7-13(19)10-4-2-3-5-11(10)16/h2-6,8,13,19H,7H2,1H3,(H,17,20)/t13-/m0/s1. The third kappa shape index (κ3) is 3.26. The number of nitrogens with zero attached hydrogens (tertiary/aromatic N) is 1. The van der Waals surface area contributed by atoms with Gasteiger partial charge in [0.25, 0.3) is 5.91 Å². The Labute approximate surface area is 124 Å². The van der Waals surface area contributed by atoms with Crippen molar-refractivity contribution in [2.75, 3.05) is 6.54 Å². The lowest BCUT2D eigenvalue weighted by Crippen LogP contribution is -2.29. The molecule has 0 radical (unpaired) electrons. The van der Waals surface area contributed by atoms with Crippen LogP contribution in [0.2, 0.25) is 0 Å². The molecular formula is C14H14BrFN2O2. The van der Waals surface area contributed by atoms with Crippen LogP contribution in [-0.2, 0) is 7.05 Å². The topological polar surface area (TPSA) is 54.3 Å². The number of amides is 1. The van der Waals surface area contributed by atoms with Crippen molar-refractivity contribution in [2.45, 2.75) is 6.10 Å². The Balaban J connectivity index is 2.00. The number of benzene rings is 1. The van der Waals surface area contributed by atoms with Gasteiger partial charge >= 0.3 is 0 Å². The van der Waals surface area contributed by atoms with E-state index in [1.54, 1.807) is 36.0 Å². The Morgan fingerprint density at radius 1 is 1.50 bits per heavy atom. The second-order valence-electron chi connectivity index (χ2n) is 4.40. The predicted octanol–water partition coefficient (Wildman–Crippen LogP) is 2.39. The van der Waals surface area contributed by atoms with E-state index in [1.807, 2.05) is 0 Å². The molecule has 0 bridgehead atoms. The van der Waals surface area contributed by atoms with Crippen LogP contribution in [0.15, 0.2) is 41.0 Å². The third-order valence-electron chi connectivity index (χ3n) is 2.92. The summed E-state index contributed by atoms with van der Waals surface area (Å²) in [5, 5.41) is 12.5. The van der Waals surface area contributed by atoms with Crippen LogP contribution in [0.5, 0.6) is 0 Å². The highest BCUT2D eigenvalue weighted by molar-refractivity contribution is 9.10. The van der Waals surface area contributed by atoms with Gasteiger partial charge in [0.1, 0.15) is 11.5 Å². The highest BCUT2D eigenvalue weighted by atomic mass is 79.9. The summed E-state index contributed by atoms with van der Waals surface area (Å²) in [6.07, 6.45) is 0.672. The molecule has 1 amide bonds. The minimum absolute atomic E-state index is 0.0530. The monoisotopic (exact) mass is 340 g/mol. The molecule has 1 heterocycles. The molecule has 20 heavy (non-hydrogen) atoms. The number of aromatic nitrogens is 1. The number of rotatable bonds is 4. The number of nitrogens with one attached hydrogen (secondary N) is 1. The van der Waals surface area contributed by atoms with E-state index < -0.39 is 11.9 Å². The van der Waals surface area contributed by atoms with Crippen LogP contribution in [0.1, 0.15) is 22.2 Å². The molecule has 0 saturated carbocycles. The van der Waals surface area contributed by atoms with Crippen LogP contribution in [0.25, 0.3) is 0 Å². The summed E-state index contributed by atoms with van der Waals surface area (Å²) in [6.45, 7) is -0.0530. The zero-order valence-electron chi connectivity index (χ0n) is 10.8. The van der Waals surface area contributed by atoms with Crippen molar-refractivity contribution in [2.24, 2.45) is 7.05 Å². The fourth-order valence-electron chi connectivity index (χ4n) is 1.89. The summed E-state index contributed by atoms with van der Waals surface area (Å²) in [5.74, 6) is -0.815. The average Bonchev–Trinajstić information content (AvgIpc) is 2.75. The summed E-state index contributed by atoms with van der Waals surface area (Å²) >= 11 is 3.28. The lowest BCUT2D eigenvalue weighted by Gasteiger charge is -2.13. The number of aryl methyl sites for hydroxylation is 1. The Kier molecular flexibility index (Phi) is 4.57. The molecular weight excluding hydrogens is 327 g/mol. The Bertz CT molecular complexity index is 627. The summed E-state index contributed by atoms with van der Waals surface area (Å²) in [6, 6.07) is 7.62. The molecule has 0 aliphatic rings. The van der Waals surface area contributed by atoms with E-state index in [0.29, 0.717) is 5.69 Å². The van der Waals surface area contributed by atoms with Gasteiger partial charge in [0.2, 0.25) is 0 Å². The molecule has 6 heteroatoms. The third-order valence-corrected chi connectivity index (χ3v) is 3.36. The summed E-state index contributed by atoms with van der Waals surface area (Å²) in [4.78, 5) is 11.9. The van der Waals surface area contributed by atoms with Crippen molar-refractivity contribution >= 4 is 21.8 Å². The van der Waals surface area contributed by atoms with Crippen molar-refractivity contribution in [3.8, 4) is 0 Å². The molecule has 0 saturated heterocycles. The molecule has 2 rings (SSSR count). The van der Waals surface area contributed by atoms with Crippen molar-refractivity contribution < 1.29 is 14.3 Å². The van der Waals surface area contributed by atoms with Gasteiger partial charge in [-0.25, -0.2) is 4.39 Å². The fourth-order valence-corrected chi connectivity index (χ4v) is 2.41. The molecule has 0 unspecified atom stereocenters. The van der Waals surface area contributed by atoms with Gasteiger partial charge in [0.05, 0.1) is 6.10 Å². The van der Waals surface area contributed by atoms with Gasteiger partial charge in [-0.05, 0) is 28.1 Å². The molecule has 0 spiro atoms. The molecule has 1 aromatic heterocycles. The number of carbonyl (C=O) groups is 1. The van der Waals surface area contributed by atoms with Gasteiger partial charge in [0, 0.05) is 29.8 Å². The maximum absolute atomic E-state index is 13.5. The predicted molar refractivity (Wildman–Crippen MR) is 76.8 cm³/mol. The van der Waals surface area contributed by atoms with Gasteiger partial charge in [0.15, 0.2) is 0 Å². The first kappa shape index (κ1) is 14.7.